The average molecular weight is 198 g/mol. The summed E-state index contributed by atoms with van der Waals surface area (Å²) in [4.78, 5) is 12.0. The number of rotatable bonds is 4. The summed E-state index contributed by atoms with van der Waals surface area (Å²) in [6.07, 6.45) is 4.14. The van der Waals surface area contributed by atoms with E-state index in [-0.39, 0.29) is 17.8 Å². The van der Waals surface area contributed by atoms with Gasteiger partial charge in [0.1, 0.15) is 6.10 Å². The molecule has 1 saturated heterocycles. The van der Waals surface area contributed by atoms with E-state index in [4.69, 9.17) is 9.47 Å². The van der Waals surface area contributed by atoms with Gasteiger partial charge in [0.25, 0.3) is 0 Å². The summed E-state index contributed by atoms with van der Waals surface area (Å²) >= 11 is 0. The maximum atomic E-state index is 12.0. The quantitative estimate of drug-likeness (QED) is 0.685. The molecular weight excluding hydrogens is 180 g/mol. The number of Topliss-reactive ketones (excluding diaryl/α,β-unsaturated/α-hetero) is 1. The first-order valence-electron chi connectivity index (χ1n) is 5.47. The summed E-state index contributed by atoms with van der Waals surface area (Å²) in [5.41, 5.74) is 0. The molecule has 2 atom stereocenters. The highest BCUT2D eigenvalue weighted by Crippen LogP contribution is 2.36. The standard InChI is InChI=1S/C11H18O3/c1-13-11(8-4-5-8)10(12)9-3-2-6-14-7-9/h8-9,11H,2-7H2,1H3. The number of hydrogen-bond acceptors (Lipinski definition) is 3. The van der Waals surface area contributed by atoms with Crippen LogP contribution in [-0.2, 0) is 14.3 Å². The van der Waals surface area contributed by atoms with Gasteiger partial charge in [-0.2, -0.15) is 0 Å². The van der Waals surface area contributed by atoms with Crippen LogP contribution in [0.5, 0.6) is 0 Å². The van der Waals surface area contributed by atoms with Crippen molar-refractivity contribution in [1.29, 1.82) is 0 Å². The molecule has 1 heterocycles. The molecule has 0 aromatic carbocycles. The van der Waals surface area contributed by atoms with Gasteiger partial charge in [-0.05, 0) is 31.6 Å². The van der Waals surface area contributed by atoms with Crippen molar-refractivity contribution < 1.29 is 14.3 Å². The molecular formula is C11H18O3. The molecule has 2 unspecified atom stereocenters. The molecule has 3 nitrogen and oxygen atoms in total. The van der Waals surface area contributed by atoms with Gasteiger partial charge in [0, 0.05) is 19.6 Å². The SMILES string of the molecule is COC(C(=O)C1CCCOC1)C1CC1. The number of carbonyl (C=O) groups excluding carboxylic acids is 1. The van der Waals surface area contributed by atoms with Gasteiger partial charge < -0.3 is 9.47 Å². The minimum absolute atomic E-state index is 0.0919. The van der Waals surface area contributed by atoms with Gasteiger partial charge >= 0.3 is 0 Å². The van der Waals surface area contributed by atoms with Gasteiger partial charge in [0.15, 0.2) is 5.78 Å². The zero-order valence-electron chi connectivity index (χ0n) is 8.70. The highest BCUT2D eigenvalue weighted by Gasteiger charge is 2.39. The molecule has 1 aliphatic carbocycles. The maximum Gasteiger partial charge on any atom is 0.167 e. The fraction of sp³-hybridized carbons (Fsp3) is 0.909. The Labute approximate surface area is 84.8 Å². The number of methoxy groups -OCH3 is 1. The lowest BCUT2D eigenvalue weighted by atomic mass is 9.92. The summed E-state index contributed by atoms with van der Waals surface area (Å²) in [6, 6.07) is 0. The number of carbonyl (C=O) groups is 1. The van der Waals surface area contributed by atoms with Crippen LogP contribution in [0.1, 0.15) is 25.7 Å². The summed E-state index contributed by atoms with van der Waals surface area (Å²) in [5.74, 6) is 0.860. The second kappa shape index (κ2) is 4.41. The predicted molar refractivity (Wildman–Crippen MR) is 52.1 cm³/mol. The van der Waals surface area contributed by atoms with Crippen molar-refractivity contribution in [1.82, 2.24) is 0 Å². The first-order valence-corrected chi connectivity index (χ1v) is 5.47. The summed E-state index contributed by atoms with van der Waals surface area (Å²) in [7, 11) is 1.64. The van der Waals surface area contributed by atoms with Crippen molar-refractivity contribution in [2.45, 2.75) is 31.8 Å². The third-order valence-electron chi connectivity index (χ3n) is 3.15. The molecule has 2 aliphatic rings. The molecule has 0 bridgehead atoms. The van der Waals surface area contributed by atoms with Crippen LogP contribution < -0.4 is 0 Å². The number of ether oxygens (including phenoxy) is 2. The molecule has 80 valence electrons. The molecule has 0 radical (unpaired) electrons. The van der Waals surface area contributed by atoms with E-state index in [1.54, 1.807) is 7.11 Å². The fourth-order valence-corrected chi connectivity index (χ4v) is 2.14. The smallest absolute Gasteiger partial charge is 0.167 e. The molecule has 0 aromatic rings. The van der Waals surface area contributed by atoms with E-state index in [2.05, 4.69) is 0 Å². The van der Waals surface area contributed by atoms with Crippen LogP contribution in [0.2, 0.25) is 0 Å². The van der Waals surface area contributed by atoms with E-state index in [1.807, 2.05) is 0 Å². The summed E-state index contributed by atoms with van der Waals surface area (Å²) in [5, 5.41) is 0. The summed E-state index contributed by atoms with van der Waals surface area (Å²) in [6.45, 7) is 1.41. The zero-order valence-corrected chi connectivity index (χ0v) is 8.70. The van der Waals surface area contributed by atoms with Gasteiger partial charge in [-0.15, -0.1) is 0 Å². The van der Waals surface area contributed by atoms with Crippen molar-refractivity contribution in [2.75, 3.05) is 20.3 Å². The molecule has 0 spiro atoms. The Balaban J connectivity index is 1.90. The number of hydrogen-bond donors (Lipinski definition) is 0. The van der Waals surface area contributed by atoms with Gasteiger partial charge in [0.05, 0.1) is 6.61 Å². The Morgan fingerprint density at radius 1 is 1.43 bits per heavy atom. The number of ketones is 1. The van der Waals surface area contributed by atoms with Crippen LogP contribution in [0.4, 0.5) is 0 Å². The average Bonchev–Trinajstić information content (AvgIpc) is 3.04. The van der Waals surface area contributed by atoms with E-state index in [0.717, 1.165) is 32.3 Å². The Morgan fingerprint density at radius 2 is 2.21 bits per heavy atom. The topological polar surface area (TPSA) is 35.5 Å². The van der Waals surface area contributed by atoms with Crippen LogP contribution >= 0.6 is 0 Å². The highest BCUT2D eigenvalue weighted by atomic mass is 16.5. The highest BCUT2D eigenvalue weighted by molar-refractivity contribution is 5.86. The minimum atomic E-state index is -0.151. The molecule has 0 N–H and O–H groups in total. The molecule has 2 rings (SSSR count). The molecule has 0 aromatic heterocycles. The second-order valence-corrected chi connectivity index (χ2v) is 4.31. The van der Waals surface area contributed by atoms with Crippen LogP contribution in [0, 0.1) is 11.8 Å². The maximum absolute atomic E-state index is 12.0. The Bertz CT molecular complexity index is 205. The molecule has 1 aliphatic heterocycles. The second-order valence-electron chi connectivity index (χ2n) is 4.31. The minimum Gasteiger partial charge on any atom is -0.381 e. The van der Waals surface area contributed by atoms with E-state index >= 15 is 0 Å². The molecule has 0 amide bonds. The van der Waals surface area contributed by atoms with Crippen molar-refractivity contribution in [3.63, 3.8) is 0 Å². The lowest BCUT2D eigenvalue weighted by Crippen LogP contribution is -2.35. The molecule has 14 heavy (non-hydrogen) atoms. The Hall–Kier alpha value is -0.410. The van der Waals surface area contributed by atoms with Crippen molar-refractivity contribution in [3.05, 3.63) is 0 Å². The first-order chi connectivity index (χ1) is 6.83. The molecule has 3 heteroatoms. The normalized spacial score (nSPS) is 29.9. The predicted octanol–water partition coefficient (Wildman–Crippen LogP) is 1.41. The van der Waals surface area contributed by atoms with Crippen LogP contribution in [0.15, 0.2) is 0 Å². The lowest BCUT2D eigenvalue weighted by molar-refractivity contribution is -0.138. The third kappa shape index (κ3) is 2.15. The largest absolute Gasteiger partial charge is 0.381 e. The zero-order chi connectivity index (χ0) is 9.97. The van der Waals surface area contributed by atoms with Gasteiger partial charge in [-0.1, -0.05) is 0 Å². The monoisotopic (exact) mass is 198 g/mol. The Kier molecular flexibility index (Phi) is 3.19. The van der Waals surface area contributed by atoms with Gasteiger partial charge in [-0.25, -0.2) is 0 Å². The molecule has 1 saturated carbocycles. The van der Waals surface area contributed by atoms with Crippen LogP contribution in [0.25, 0.3) is 0 Å². The first kappa shape index (κ1) is 10.1. The van der Waals surface area contributed by atoms with Crippen LogP contribution in [0.3, 0.4) is 0 Å². The van der Waals surface area contributed by atoms with Crippen molar-refractivity contribution in [2.24, 2.45) is 11.8 Å². The third-order valence-corrected chi connectivity index (χ3v) is 3.15. The summed E-state index contributed by atoms with van der Waals surface area (Å²) < 4.78 is 10.6. The van der Waals surface area contributed by atoms with Crippen molar-refractivity contribution >= 4 is 5.78 Å². The van der Waals surface area contributed by atoms with E-state index < -0.39 is 0 Å². The molecule has 2 fully saturated rings. The van der Waals surface area contributed by atoms with Gasteiger partial charge in [0.2, 0.25) is 0 Å². The fourth-order valence-electron chi connectivity index (χ4n) is 2.14. The van der Waals surface area contributed by atoms with E-state index in [1.165, 1.54) is 0 Å². The lowest BCUT2D eigenvalue weighted by Gasteiger charge is -2.24. The van der Waals surface area contributed by atoms with E-state index in [9.17, 15) is 4.79 Å². The van der Waals surface area contributed by atoms with Crippen LogP contribution in [-0.4, -0.2) is 32.2 Å². The Morgan fingerprint density at radius 3 is 2.71 bits per heavy atom. The van der Waals surface area contributed by atoms with Crippen molar-refractivity contribution in [3.8, 4) is 0 Å². The van der Waals surface area contributed by atoms with Gasteiger partial charge in [-0.3, -0.25) is 4.79 Å². The van der Waals surface area contributed by atoms with E-state index in [0.29, 0.717) is 12.5 Å².